The number of benzene rings is 1. The van der Waals surface area contributed by atoms with Crippen LogP contribution in [0.4, 0.5) is 0 Å². The molecule has 0 spiro atoms. The highest BCUT2D eigenvalue weighted by atomic mass is 16.2. The molecule has 0 saturated carbocycles. The number of aromatic nitrogens is 2. The van der Waals surface area contributed by atoms with Gasteiger partial charge < -0.3 is 9.88 Å². The van der Waals surface area contributed by atoms with E-state index in [1.165, 1.54) is 25.6 Å². The topological polar surface area (TPSA) is 69.3 Å². The third kappa shape index (κ3) is 3.35. The van der Waals surface area contributed by atoms with Crippen LogP contribution in [0.3, 0.4) is 0 Å². The van der Waals surface area contributed by atoms with Crippen molar-refractivity contribution in [3.63, 3.8) is 0 Å². The van der Waals surface area contributed by atoms with Gasteiger partial charge in [-0.25, -0.2) is 0 Å². The number of rotatable bonds is 2. The summed E-state index contributed by atoms with van der Waals surface area (Å²) in [5, 5.41) is 0. The van der Waals surface area contributed by atoms with Crippen LogP contribution in [0, 0.1) is 0 Å². The fraction of sp³-hybridized carbons (Fsp3) is 0.421. The fourth-order valence-corrected chi connectivity index (χ4v) is 3.89. The highest BCUT2D eigenvalue weighted by Crippen LogP contribution is 2.23. The lowest BCUT2D eigenvalue weighted by Gasteiger charge is -2.25. The number of H-pyrrole nitrogens is 1. The number of hydrogen-bond donors (Lipinski definition) is 1. The van der Waals surface area contributed by atoms with Crippen LogP contribution in [0.15, 0.2) is 41.5 Å². The Morgan fingerprint density at radius 2 is 1.88 bits per heavy atom. The molecule has 2 aliphatic heterocycles. The van der Waals surface area contributed by atoms with Crippen LogP contribution in [0.2, 0.25) is 0 Å². The van der Waals surface area contributed by atoms with Gasteiger partial charge in [0.25, 0.3) is 11.5 Å². The number of amides is 1. The molecule has 130 valence electrons. The third-order valence-electron chi connectivity index (χ3n) is 5.19. The second-order valence-corrected chi connectivity index (χ2v) is 6.82. The van der Waals surface area contributed by atoms with Crippen LogP contribution in [0.5, 0.6) is 0 Å². The van der Waals surface area contributed by atoms with Gasteiger partial charge in [0.2, 0.25) is 0 Å². The van der Waals surface area contributed by atoms with Gasteiger partial charge >= 0.3 is 0 Å². The van der Waals surface area contributed by atoms with Crippen LogP contribution in [-0.2, 0) is 0 Å². The number of carbonyl (C=O) groups excluding carboxylic acids is 1. The van der Waals surface area contributed by atoms with Gasteiger partial charge in [-0.05, 0) is 43.5 Å². The summed E-state index contributed by atoms with van der Waals surface area (Å²) in [5.74, 6) is 0.0972. The zero-order valence-corrected chi connectivity index (χ0v) is 14.1. The highest BCUT2D eigenvalue weighted by Gasteiger charge is 2.30. The van der Waals surface area contributed by atoms with Crippen molar-refractivity contribution in [1.29, 1.82) is 0 Å². The van der Waals surface area contributed by atoms with E-state index in [0.29, 0.717) is 17.3 Å². The predicted octanol–water partition coefficient (Wildman–Crippen LogP) is 1.75. The summed E-state index contributed by atoms with van der Waals surface area (Å²) in [7, 11) is 0. The SMILES string of the molecule is O=C(c1ccc(-c2cncc(=O)[nH]2)cc1)N1CCCN2CCC[C@H]2C1. The molecule has 1 aromatic carbocycles. The van der Waals surface area contributed by atoms with Gasteiger partial charge in [0.15, 0.2) is 0 Å². The van der Waals surface area contributed by atoms with Crippen molar-refractivity contribution in [2.75, 3.05) is 26.2 Å². The van der Waals surface area contributed by atoms with Gasteiger partial charge in [0.1, 0.15) is 0 Å². The van der Waals surface area contributed by atoms with E-state index in [1.807, 2.05) is 29.2 Å². The Morgan fingerprint density at radius 1 is 1.08 bits per heavy atom. The molecular weight excluding hydrogens is 316 g/mol. The Balaban J connectivity index is 1.51. The lowest BCUT2D eigenvalue weighted by Crippen LogP contribution is -2.39. The quantitative estimate of drug-likeness (QED) is 0.906. The normalized spacial score (nSPS) is 21.0. The molecule has 0 bridgehead atoms. The smallest absolute Gasteiger partial charge is 0.266 e. The average Bonchev–Trinajstić information content (AvgIpc) is 2.98. The van der Waals surface area contributed by atoms with E-state index in [9.17, 15) is 9.59 Å². The molecular formula is C19H22N4O2. The second-order valence-electron chi connectivity index (χ2n) is 6.82. The first-order valence-corrected chi connectivity index (χ1v) is 8.89. The Hall–Kier alpha value is -2.47. The van der Waals surface area contributed by atoms with Crippen LogP contribution in [0.25, 0.3) is 11.3 Å². The molecule has 0 unspecified atom stereocenters. The maximum absolute atomic E-state index is 12.9. The van der Waals surface area contributed by atoms with Crippen molar-refractivity contribution in [2.45, 2.75) is 25.3 Å². The maximum atomic E-state index is 12.9. The zero-order chi connectivity index (χ0) is 17.2. The van der Waals surface area contributed by atoms with Gasteiger partial charge in [-0.1, -0.05) is 12.1 Å². The largest absolute Gasteiger partial charge is 0.337 e. The van der Waals surface area contributed by atoms with Crippen molar-refractivity contribution in [2.24, 2.45) is 0 Å². The van der Waals surface area contributed by atoms with Gasteiger partial charge in [0.05, 0.1) is 18.1 Å². The Morgan fingerprint density at radius 3 is 2.68 bits per heavy atom. The molecule has 1 atom stereocenters. The summed E-state index contributed by atoms with van der Waals surface area (Å²) >= 11 is 0. The summed E-state index contributed by atoms with van der Waals surface area (Å²) < 4.78 is 0. The van der Waals surface area contributed by atoms with Crippen molar-refractivity contribution < 1.29 is 4.79 Å². The molecule has 2 aromatic rings. The molecule has 25 heavy (non-hydrogen) atoms. The van der Waals surface area contributed by atoms with Crippen molar-refractivity contribution >= 4 is 5.91 Å². The number of nitrogens with one attached hydrogen (secondary N) is 1. The predicted molar refractivity (Wildman–Crippen MR) is 95.4 cm³/mol. The second kappa shape index (κ2) is 6.80. The number of nitrogens with zero attached hydrogens (tertiary/aromatic N) is 3. The molecule has 2 fully saturated rings. The molecule has 0 radical (unpaired) electrons. The molecule has 0 aliphatic carbocycles. The van der Waals surface area contributed by atoms with Crippen molar-refractivity contribution in [3.05, 3.63) is 52.6 Å². The van der Waals surface area contributed by atoms with E-state index in [-0.39, 0.29) is 11.5 Å². The summed E-state index contributed by atoms with van der Waals surface area (Å²) in [5.41, 5.74) is 1.97. The van der Waals surface area contributed by atoms with Crippen LogP contribution in [0.1, 0.15) is 29.6 Å². The van der Waals surface area contributed by atoms with Gasteiger partial charge in [0, 0.05) is 31.2 Å². The van der Waals surface area contributed by atoms with Crippen molar-refractivity contribution in [1.82, 2.24) is 19.8 Å². The summed E-state index contributed by atoms with van der Waals surface area (Å²) in [6.07, 6.45) is 6.33. The number of carbonyl (C=O) groups is 1. The standard InChI is InChI=1S/C19H22N4O2/c24-18-12-20-11-17(21-18)14-4-6-15(7-5-14)19(25)23-10-2-9-22-8-1-3-16(22)13-23/h4-7,11-12,16H,1-3,8-10,13H2,(H,21,24)/t16-/m0/s1. The molecule has 6 nitrogen and oxygen atoms in total. The monoisotopic (exact) mass is 338 g/mol. The van der Waals surface area contributed by atoms with E-state index in [0.717, 1.165) is 31.6 Å². The Bertz CT molecular complexity index is 815. The van der Waals surface area contributed by atoms with Crippen LogP contribution in [-0.4, -0.2) is 57.9 Å². The average molecular weight is 338 g/mol. The zero-order valence-electron chi connectivity index (χ0n) is 14.1. The third-order valence-corrected chi connectivity index (χ3v) is 5.19. The Kier molecular flexibility index (Phi) is 4.36. The molecule has 1 amide bonds. The number of hydrogen-bond acceptors (Lipinski definition) is 4. The minimum absolute atomic E-state index is 0.0972. The first-order chi connectivity index (χ1) is 12.2. The first kappa shape index (κ1) is 16.0. The molecule has 2 aliphatic rings. The minimum atomic E-state index is -0.233. The van der Waals surface area contributed by atoms with Crippen molar-refractivity contribution in [3.8, 4) is 11.3 Å². The van der Waals surface area contributed by atoms with E-state index in [4.69, 9.17) is 0 Å². The van der Waals surface area contributed by atoms with E-state index in [1.54, 1.807) is 6.20 Å². The summed E-state index contributed by atoms with van der Waals surface area (Å²) in [4.78, 5) is 35.4. The molecule has 6 heteroatoms. The van der Waals surface area contributed by atoms with Crippen LogP contribution >= 0.6 is 0 Å². The molecule has 1 N–H and O–H groups in total. The maximum Gasteiger partial charge on any atom is 0.266 e. The molecule has 2 saturated heterocycles. The minimum Gasteiger partial charge on any atom is -0.337 e. The van der Waals surface area contributed by atoms with Gasteiger partial charge in [-0.15, -0.1) is 0 Å². The molecule has 1 aromatic heterocycles. The van der Waals surface area contributed by atoms with E-state index >= 15 is 0 Å². The summed E-state index contributed by atoms with van der Waals surface area (Å²) in [6.45, 7) is 3.92. The first-order valence-electron chi connectivity index (χ1n) is 8.89. The fourth-order valence-electron chi connectivity index (χ4n) is 3.89. The van der Waals surface area contributed by atoms with Gasteiger partial charge in [-0.2, -0.15) is 0 Å². The number of aromatic amines is 1. The molecule has 3 heterocycles. The lowest BCUT2D eigenvalue weighted by molar-refractivity contribution is 0.0743. The number of fused-ring (bicyclic) bond motifs is 1. The highest BCUT2D eigenvalue weighted by molar-refractivity contribution is 5.94. The summed E-state index contributed by atoms with van der Waals surface area (Å²) in [6, 6.07) is 7.91. The van der Waals surface area contributed by atoms with E-state index < -0.39 is 0 Å². The van der Waals surface area contributed by atoms with Gasteiger partial charge in [-0.3, -0.25) is 19.5 Å². The molecule has 4 rings (SSSR count). The lowest BCUT2D eigenvalue weighted by atomic mass is 10.1. The Labute approximate surface area is 146 Å². The van der Waals surface area contributed by atoms with Crippen LogP contribution < -0.4 is 5.56 Å². The van der Waals surface area contributed by atoms with E-state index in [2.05, 4.69) is 14.9 Å².